The average Bonchev–Trinajstić information content (AvgIpc) is 2.58. The molecule has 5 nitrogen and oxygen atoms in total. The first kappa shape index (κ1) is 15.3. The van der Waals surface area contributed by atoms with Gasteiger partial charge in [0.2, 0.25) is 0 Å². The van der Waals surface area contributed by atoms with E-state index in [9.17, 15) is 9.18 Å². The smallest absolute Gasteiger partial charge is 0.323 e. The molecule has 0 unspecified atom stereocenters. The number of halogens is 1. The molecule has 0 spiro atoms. The van der Waals surface area contributed by atoms with Crippen molar-refractivity contribution >= 4 is 23.1 Å². The normalized spacial score (nSPS) is 14.4. The molecule has 2 aromatic rings. The van der Waals surface area contributed by atoms with Gasteiger partial charge in [-0.15, -0.1) is 0 Å². The van der Waals surface area contributed by atoms with Gasteiger partial charge in [-0.1, -0.05) is 12.1 Å². The Labute approximate surface area is 134 Å². The zero-order valence-corrected chi connectivity index (χ0v) is 12.6. The summed E-state index contributed by atoms with van der Waals surface area (Å²) in [5.41, 5.74) is 2.23. The van der Waals surface area contributed by atoms with Gasteiger partial charge in [0.05, 0.1) is 24.6 Å². The standard InChI is InChI=1S/C17H18FN3O2/c18-13-5-7-14(8-6-13)19-17(22)20-15-3-1-2-4-16(15)21-9-11-23-12-10-21/h1-8H,9-12H2,(H2,19,20,22). The minimum Gasteiger partial charge on any atom is -0.378 e. The van der Waals surface area contributed by atoms with E-state index >= 15 is 0 Å². The number of urea groups is 1. The lowest BCUT2D eigenvalue weighted by Gasteiger charge is -2.30. The second-order valence-corrected chi connectivity index (χ2v) is 5.20. The van der Waals surface area contributed by atoms with Crippen molar-refractivity contribution in [3.8, 4) is 0 Å². The molecular formula is C17H18FN3O2. The van der Waals surface area contributed by atoms with Gasteiger partial charge >= 0.3 is 6.03 Å². The van der Waals surface area contributed by atoms with E-state index in [2.05, 4.69) is 15.5 Å². The number of rotatable bonds is 3. The fourth-order valence-corrected chi connectivity index (χ4v) is 2.48. The topological polar surface area (TPSA) is 53.6 Å². The molecule has 6 heteroatoms. The van der Waals surface area contributed by atoms with Crippen LogP contribution in [0.25, 0.3) is 0 Å². The number of hydrogen-bond donors (Lipinski definition) is 2. The summed E-state index contributed by atoms with van der Waals surface area (Å²) in [6.07, 6.45) is 0. The van der Waals surface area contributed by atoms with Gasteiger partial charge in [-0.3, -0.25) is 0 Å². The summed E-state index contributed by atoms with van der Waals surface area (Å²) < 4.78 is 18.2. The third-order valence-electron chi connectivity index (χ3n) is 3.61. The van der Waals surface area contributed by atoms with Crippen LogP contribution < -0.4 is 15.5 Å². The molecule has 0 atom stereocenters. The first-order valence-corrected chi connectivity index (χ1v) is 7.48. The van der Waals surface area contributed by atoms with Crippen LogP contribution in [0.4, 0.5) is 26.2 Å². The minimum atomic E-state index is -0.364. The second kappa shape index (κ2) is 7.11. The van der Waals surface area contributed by atoms with Crippen molar-refractivity contribution in [2.24, 2.45) is 0 Å². The van der Waals surface area contributed by atoms with Crippen LogP contribution in [0.2, 0.25) is 0 Å². The Hall–Kier alpha value is -2.60. The maximum absolute atomic E-state index is 12.9. The lowest BCUT2D eigenvalue weighted by atomic mass is 10.2. The fraction of sp³-hybridized carbons (Fsp3) is 0.235. The van der Waals surface area contributed by atoms with Crippen LogP contribution in [0.5, 0.6) is 0 Å². The molecule has 23 heavy (non-hydrogen) atoms. The number of ether oxygens (including phenoxy) is 1. The average molecular weight is 315 g/mol. The predicted molar refractivity (Wildman–Crippen MR) is 88.5 cm³/mol. The molecule has 120 valence electrons. The second-order valence-electron chi connectivity index (χ2n) is 5.20. The Balaban J connectivity index is 1.69. The molecule has 2 aromatic carbocycles. The first-order chi connectivity index (χ1) is 11.2. The maximum Gasteiger partial charge on any atom is 0.323 e. The third-order valence-corrected chi connectivity index (χ3v) is 3.61. The fourth-order valence-electron chi connectivity index (χ4n) is 2.48. The van der Waals surface area contributed by atoms with Crippen LogP contribution >= 0.6 is 0 Å². The van der Waals surface area contributed by atoms with Gasteiger partial charge in [0.25, 0.3) is 0 Å². The van der Waals surface area contributed by atoms with E-state index < -0.39 is 0 Å². The molecule has 2 amide bonds. The van der Waals surface area contributed by atoms with Crippen molar-refractivity contribution in [1.82, 2.24) is 0 Å². The van der Waals surface area contributed by atoms with Crippen LogP contribution in [0, 0.1) is 5.82 Å². The van der Waals surface area contributed by atoms with Gasteiger partial charge in [0, 0.05) is 18.8 Å². The van der Waals surface area contributed by atoms with E-state index in [1.165, 1.54) is 24.3 Å². The van der Waals surface area contributed by atoms with E-state index in [0.29, 0.717) is 18.9 Å². The van der Waals surface area contributed by atoms with Crippen LogP contribution in [0.3, 0.4) is 0 Å². The van der Waals surface area contributed by atoms with E-state index in [1.54, 1.807) is 0 Å². The molecule has 2 N–H and O–H groups in total. The summed E-state index contributed by atoms with van der Waals surface area (Å²) in [6.45, 7) is 2.93. The molecule has 0 bridgehead atoms. The Morgan fingerprint density at radius 1 is 1.00 bits per heavy atom. The van der Waals surface area contributed by atoms with Gasteiger partial charge < -0.3 is 20.3 Å². The molecule has 0 aromatic heterocycles. The Morgan fingerprint density at radius 2 is 1.70 bits per heavy atom. The molecule has 1 aliphatic heterocycles. The number of nitrogens with zero attached hydrogens (tertiary/aromatic N) is 1. The van der Waals surface area contributed by atoms with Gasteiger partial charge in [-0.25, -0.2) is 9.18 Å². The summed E-state index contributed by atoms with van der Waals surface area (Å²) in [7, 11) is 0. The summed E-state index contributed by atoms with van der Waals surface area (Å²) in [5.74, 6) is -0.339. The summed E-state index contributed by atoms with van der Waals surface area (Å²) in [6, 6.07) is 12.9. The number of morpholine rings is 1. The summed E-state index contributed by atoms with van der Waals surface area (Å²) in [5, 5.41) is 5.53. The van der Waals surface area contributed by atoms with Crippen molar-refractivity contribution in [2.75, 3.05) is 41.8 Å². The van der Waals surface area contributed by atoms with Crippen molar-refractivity contribution < 1.29 is 13.9 Å². The van der Waals surface area contributed by atoms with Crippen LogP contribution in [0.1, 0.15) is 0 Å². The quantitative estimate of drug-likeness (QED) is 0.914. The number of carbonyl (C=O) groups excluding carboxylic acids is 1. The highest BCUT2D eigenvalue weighted by Gasteiger charge is 2.15. The van der Waals surface area contributed by atoms with Gasteiger partial charge in [-0.2, -0.15) is 0 Å². The lowest BCUT2D eigenvalue weighted by molar-refractivity contribution is 0.123. The molecule has 1 heterocycles. The summed E-state index contributed by atoms with van der Waals surface area (Å²) in [4.78, 5) is 14.3. The molecule has 0 aliphatic carbocycles. The molecule has 1 saturated heterocycles. The highest BCUT2D eigenvalue weighted by Crippen LogP contribution is 2.26. The van der Waals surface area contributed by atoms with Gasteiger partial charge in [-0.05, 0) is 36.4 Å². The van der Waals surface area contributed by atoms with Crippen molar-refractivity contribution in [1.29, 1.82) is 0 Å². The molecule has 3 rings (SSSR count). The van der Waals surface area contributed by atoms with Crippen LogP contribution in [0.15, 0.2) is 48.5 Å². The number of nitrogens with one attached hydrogen (secondary N) is 2. The number of hydrogen-bond acceptors (Lipinski definition) is 3. The highest BCUT2D eigenvalue weighted by atomic mass is 19.1. The zero-order valence-electron chi connectivity index (χ0n) is 12.6. The molecular weight excluding hydrogens is 297 g/mol. The van der Waals surface area contributed by atoms with Crippen LogP contribution in [-0.4, -0.2) is 32.3 Å². The molecule has 0 radical (unpaired) electrons. The van der Waals surface area contributed by atoms with E-state index in [4.69, 9.17) is 4.74 Å². The predicted octanol–water partition coefficient (Wildman–Crippen LogP) is 3.31. The van der Waals surface area contributed by atoms with E-state index in [0.717, 1.165) is 24.5 Å². The number of benzene rings is 2. The summed E-state index contributed by atoms with van der Waals surface area (Å²) >= 11 is 0. The van der Waals surface area contributed by atoms with E-state index in [-0.39, 0.29) is 11.8 Å². The molecule has 1 aliphatic rings. The largest absolute Gasteiger partial charge is 0.378 e. The van der Waals surface area contributed by atoms with E-state index in [1.807, 2.05) is 24.3 Å². The minimum absolute atomic E-state index is 0.339. The zero-order chi connectivity index (χ0) is 16.1. The lowest BCUT2D eigenvalue weighted by Crippen LogP contribution is -2.36. The monoisotopic (exact) mass is 315 g/mol. The molecule has 1 fully saturated rings. The Bertz CT molecular complexity index is 670. The van der Waals surface area contributed by atoms with Gasteiger partial charge in [0.15, 0.2) is 0 Å². The number of amides is 2. The Morgan fingerprint density at radius 3 is 2.43 bits per heavy atom. The van der Waals surface area contributed by atoms with Crippen molar-refractivity contribution in [3.05, 3.63) is 54.3 Å². The SMILES string of the molecule is O=C(Nc1ccc(F)cc1)Nc1ccccc1N1CCOCC1. The first-order valence-electron chi connectivity index (χ1n) is 7.48. The Kier molecular flexibility index (Phi) is 4.73. The third kappa shape index (κ3) is 3.98. The highest BCUT2D eigenvalue weighted by molar-refractivity contribution is 6.01. The molecule has 0 saturated carbocycles. The number of carbonyl (C=O) groups is 1. The van der Waals surface area contributed by atoms with Gasteiger partial charge in [0.1, 0.15) is 5.82 Å². The maximum atomic E-state index is 12.9. The number of anilines is 3. The van der Waals surface area contributed by atoms with Crippen LogP contribution in [-0.2, 0) is 4.74 Å². The van der Waals surface area contributed by atoms with Crippen molar-refractivity contribution in [2.45, 2.75) is 0 Å². The van der Waals surface area contributed by atoms with Crippen molar-refractivity contribution in [3.63, 3.8) is 0 Å². The number of para-hydroxylation sites is 2.